The van der Waals surface area contributed by atoms with Gasteiger partial charge in [-0.15, -0.1) is 0 Å². The zero-order valence-corrected chi connectivity index (χ0v) is 11.4. The number of H-pyrrole nitrogens is 2. The van der Waals surface area contributed by atoms with E-state index in [4.69, 9.17) is 0 Å². The van der Waals surface area contributed by atoms with Crippen LogP contribution in [0.25, 0.3) is 17.2 Å². The maximum atomic E-state index is 12.6. The Labute approximate surface area is 126 Å². The van der Waals surface area contributed by atoms with Gasteiger partial charge in [0.2, 0.25) is 5.95 Å². The van der Waals surface area contributed by atoms with E-state index >= 15 is 0 Å². The minimum absolute atomic E-state index is 0.236. The zero-order chi connectivity index (χ0) is 16.6. The van der Waals surface area contributed by atoms with Gasteiger partial charge in [-0.25, -0.2) is 4.98 Å². The summed E-state index contributed by atoms with van der Waals surface area (Å²) in [6, 6.07) is 10.2. The summed E-state index contributed by atoms with van der Waals surface area (Å²) in [5.41, 5.74) is -1.97. The summed E-state index contributed by atoms with van der Waals surface area (Å²) in [4.78, 5) is 29.7. The predicted molar refractivity (Wildman–Crippen MR) is 75.2 cm³/mol. The molecule has 0 spiro atoms. The SMILES string of the molecule is O=c1cc(-c2ccccc2)nc(-n2[nH]c(C(F)(F)F)cc2=O)[nH]1. The molecule has 0 unspecified atom stereocenters. The maximum absolute atomic E-state index is 12.6. The molecular formula is C14H9F3N4O2. The number of hydrogen-bond donors (Lipinski definition) is 2. The number of halogens is 3. The first-order valence-corrected chi connectivity index (χ1v) is 6.41. The summed E-state index contributed by atoms with van der Waals surface area (Å²) in [5, 5.41) is 1.89. The minimum Gasteiger partial charge on any atom is -0.291 e. The van der Waals surface area contributed by atoms with Gasteiger partial charge >= 0.3 is 6.18 Å². The van der Waals surface area contributed by atoms with Crippen LogP contribution in [0.2, 0.25) is 0 Å². The quantitative estimate of drug-likeness (QED) is 0.756. The summed E-state index contributed by atoms with van der Waals surface area (Å²) in [6.07, 6.45) is -4.71. The van der Waals surface area contributed by atoms with Crippen LogP contribution in [0, 0.1) is 0 Å². The molecule has 6 nitrogen and oxygen atoms in total. The van der Waals surface area contributed by atoms with Crippen LogP contribution in [0.1, 0.15) is 5.69 Å². The van der Waals surface area contributed by atoms with Crippen molar-refractivity contribution in [2.75, 3.05) is 0 Å². The van der Waals surface area contributed by atoms with Crippen molar-refractivity contribution in [2.45, 2.75) is 6.18 Å². The maximum Gasteiger partial charge on any atom is 0.432 e. The lowest BCUT2D eigenvalue weighted by Crippen LogP contribution is -2.21. The second-order valence-corrected chi connectivity index (χ2v) is 4.66. The van der Waals surface area contributed by atoms with E-state index in [0.29, 0.717) is 16.3 Å². The Hall–Kier alpha value is -3.10. The lowest BCUT2D eigenvalue weighted by molar-refractivity contribution is -0.141. The van der Waals surface area contributed by atoms with Gasteiger partial charge in [0.05, 0.1) is 5.69 Å². The number of aromatic amines is 2. The van der Waals surface area contributed by atoms with E-state index in [0.717, 1.165) is 0 Å². The molecule has 0 aliphatic carbocycles. The van der Waals surface area contributed by atoms with Crippen molar-refractivity contribution in [1.82, 2.24) is 19.7 Å². The Kier molecular flexibility index (Phi) is 3.40. The molecule has 0 saturated carbocycles. The molecule has 118 valence electrons. The first kappa shape index (κ1) is 14.8. The van der Waals surface area contributed by atoms with Crippen molar-refractivity contribution < 1.29 is 13.2 Å². The van der Waals surface area contributed by atoms with Gasteiger partial charge in [-0.3, -0.25) is 19.7 Å². The van der Waals surface area contributed by atoms with E-state index in [1.807, 2.05) is 5.10 Å². The molecule has 9 heteroatoms. The number of rotatable bonds is 2. The lowest BCUT2D eigenvalue weighted by Gasteiger charge is -2.05. The first-order chi connectivity index (χ1) is 10.8. The second kappa shape index (κ2) is 5.27. The van der Waals surface area contributed by atoms with Gasteiger partial charge in [0.1, 0.15) is 5.69 Å². The van der Waals surface area contributed by atoms with Crippen molar-refractivity contribution >= 4 is 0 Å². The van der Waals surface area contributed by atoms with Crippen molar-refractivity contribution in [3.63, 3.8) is 0 Å². The number of aromatic nitrogens is 4. The normalized spacial score (nSPS) is 11.6. The largest absolute Gasteiger partial charge is 0.432 e. The van der Waals surface area contributed by atoms with Crippen LogP contribution in [0.3, 0.4) is 0 Å². The Morgan fingerprint density at radius 3 is 2.35 bits per heavy atom. The molecule has 3 rings (SSSR count). The molecule has 0 aliphatic heterocycles. The van der Waals surface area contributed by atoms with Gasteiger partial charge in [0, 0.05) is 17.7 Å². The third-order valence-corrected chi connectivity index (χ3v) is 3.04. The Morgan fingerprint density at radius 1 is 1.04 bits per heavy atom. The van der Waals surface area contributed by atoms with Crippen LogP contribution in [0.15, 0.2) is 52.1 Å². The molecule has 1 aromatic carbocycles. The zero-order valence-electron chi connectivity index (χ0n) is 11.4. The summed E-state index contributed by atoms with van der Waals surface area (Å²) >= 11 is 0. The summed E-state index contributed by atoms with van der Waals surface area (Å²) < 4.78 is 38.5. The number of benzene rings is 1. The predicted octanol–water partition coefficient (Wildman–Crippen LogP) is 1.93. The van der Waals surface area contributed by atoms with Gasteiger partial charge in [-0.05, 0) is 0 Å². The van der Waals surface area contributed by atoms with Gasteiger partial charge in [0.25, 0.3) is 11.1 Å². The molecule has 2 N–H and O–H groups in total. The van der Waals surface area contributed by atoms with Gasteiger partial charge in [-0.2, -0.15) is 17.9 Å². The standard InChI is InChI=1S/C14H9F3N4O2/c15-14(16,17)10-7-12(23)21(20-10)13-18-9(6-11(22)19-13)8-4-2-1-3-5-8/h1-7,20H,(H,18,19,22). The lowest BCUT2D eigenvalue weighted by atomic mass is 10.1. The Bertz CT molecular complexity index is 954. The molecule has 0 fully saturated rings. The third kappa shape index (κ3) is 2.93. The average Bonchev–Trinajstić information content (AvgIpc) is 2.90. The number of hydrogen-bond acceptors (Lipinski definition) is 3. The van der Waals surface area contributed by atoms with E-state index in [1.165, 1.54) is 6.07 Å². The van der Waals surface area contributed by atoms with E-state index in [1.54, 1.807) is 30.3 Å². The van der Waals surface area contributed by atoms with Crippen molar-refractivity contribution in [3.8, 4) is 17.2 Å². The summed E-state index contributed by atoms with van der Waals surface area (Å²) in [6.45, 7) is 0. The first-order valence-electron chi connectivity index (χ1n) is 6.41. The topological polar surface area (TPSA) is 83.5 Å². The fourth-order valence-electron chi connectivity index (χ4n) is 2.01. The van der Waals surface area contributed by atoms with Gasteiger partial charge in [-0.1, -0.05) is 30.3 Å². The van der Waals surface area contributed by atoms with Crippen molar-refractivity contribution in [3.05, 3.63) is 68.9 Å². The molecule has 23 heavy (non-hydrogen) atoms. The molecule has 0 aliphatic rings. The van der Waals surface area contributed by atoms with Crippen molar-refractivity contribution in [2.24, 2.45) is 0 Å². The molecule has 0 amide bonds. The fourth-order valence-corrected chi connectivity index (χ4v) is 2.01. The highest BCUT2D eigenvalue weighted by Gasteiger charge is 2.34. The molecule has 2 heterocycles. The number of alkyl halides is 3. The fraction of sp³-hybridized carbons (Fsp3) is 0.0714. The Morgan fingerprint density at radius 2 is 1.74 bits per heavy atom. The highest BCUT2D eigenvalue weighted by molar-refractivity contribution is 5.58. The van der Waals surface area contributed by atoms with Gasteiger partial charge in [0.15, 0.2) is 0 Å². The van der Waals surface area contributed by atoms with Gasteiger partial charge < -0.3 is 0 Å². The molecular weight excluding hydrogens is 313 g/mol. The highest BCUT2D eigenvalue weighted by Crippen LogP contribution is 2.26. The third-order valence-electron chi connectivity index (χ3n) is 3.04. The monoisotopic (exact) mass is 322 g/mol. The summed E-state index contributed by atoms with van der Waals surface area (Å²) in [5.74, 6) is -0.322. The van der Waals surface area contributed by atoms with Crippen molar-refractivity contribution in [1.29, 1.82) is 0 Å². The van der Waals surface area contributed by atoms with E-state index in [-0.39, 0.29) is 11.6 Å². The molecule has 3 aromatic rings. The smallest absolute Gasteiger partial charge is 0.291 e. The molecule has 0 atom stereocenters. The number of nitrogens with one attached hydrogen (secondary N) is 2. The second-order valence-electron chi connectivity index (χ2n) is 4.66. The molecule has 2 aromatic heterocycles. The number of nitrogens with zero attached hydrogens (tertiary/aromatic N) is 2. The molecule has 0 saturated heterocycles. The minimum atomic E-state index is -4.71. The van der Waals surface area contributed by atoms with Crippen LogP contribution in [-0.2, 0) is 6.18 Å². The summed E-state index contributed by atoms with van der Waals surface area (Å²) in [7, 11) is 0. The van der Waals surface area contributed by atoms with Crippen LogP contribution in [0.5, 0.6) is 0 Å². The van der Waals surface area contributed by atoms with Crippen LogP contribution in [-0.4, -0.2) is 19.7 Å². The van der Waals surface area contributed by atoms with E-state index < -0.39 is 23.0 Å². The highest BCUT2D eigenvalue weighted by atomic mass is 19.4. The molecule has 0 bridgehead atoms. The van der Waals surface area contributed by atoms with E-state index in [9.17, 15) is 22.8 Å². The van der Waals surface area contributed by atoms with Crippen LogP contribution in [0.4, 0.5) is 13.2 Å². The van der Waals surface area contributed by atoms with Crippen LogP contribution >= 0.6 is 0 Å². The average molecular weight is 322 g/mol. The Balaban J connectivity index is 2.15. The molecule has 0 radical (unpaired) electrons. The van der Waals surface area contributed by atoms with E-state index in [2.05, 4.69) is 9.97 Å². The van der Waals surface area contributed by atoms with Crippen LogP contribution < -0.4 is 11.1 Å².